The minimum atomic E-state index is -3.18. The van der Waals surface area contributed by atoms with E-state index < -0.39 is 53.8 Å². The molecule has 2 aromatic carbocycles. The van der Waals surface area contributed by atoms with Gasteiger partial charge in [-0.2, -0.15) is 8.78 Å². The molecule has 6 rings (SSSR count). The van der Waals surface area contributed by atoms with E-state index in [1.54, 1.807) is 30.5 Å². The van der Waals surface area contributed by atoms with Crippen molar-refractivity contribution in [1.82, 2.24) is 20.9 Å². The number of hydrogen-bond donors (Lipinski definition) is 6. The van der Waals surface area contributed by atoms with Crippen LogP contribution in [0.4, 0.5) is 13.6 Å². The summed E-state index contributed by atoms with van der Waals surface area (Å²) < 4.78 is 35.7. The summed E-state index contributed by atoms with van der Waals surface area (Å²) in [5.74, 6) is -4.96. The molecule has 4 atom stereocenters. The number of nitrogens with one attached hydrogen (secondary N) is 4. The smallest absolute Gasteiger partial charge is 0.410 e. The van der Waals surface area contributed by atoms with Crippen molar-refractivity contribution in [2.75, 3.05) is 26.3 Å². The Hall–Kier alpha value is -4.73. The van der Waals surface area contributed by atoms with Gasteiger partial charge in [0, 0.05) is 50.5 Å². The number of hydrogen-bond acceptors (Lipinski definition) is 8. The van der Waals surface area contributed by atoms with Crippen LogP contribution in [-0.4, -0.2) is 78.0 Å². The lowest BCUT2D eigenvalue weighted by Gasteiger charge is -2.28. The first-order valence-electron chi connectivity index (χ1n) is 15.3. The van der Waals surface area contributed by atoms with Crippen LogP contribution >= 0.6 is 11.3 Å². The predicted octanol–water partition coefficient (Wildman–Crippen LogP) is 3.40. The number of likely N-dealkylation sites (tertiary alicyclic amines) is 1. The molecule has 7 N–H and O–H groups in total. The van der Waals surface area contributed by atoms with E-state index in [1.807, 2.05) is 5.32 Å². The SMILES string of the molecule is CC(NC(=O)[C@@H]1C[C@]2(COCCN)C[C@@H]2N1C(=O)CNC(=O)c1ccc2c(c1)-c1ccccc1C2(F)F)c1cc(C(=N)NC(=O)O)cs1. The molecule has 2 heterocycles. The van der Waals surface area contributed by atoms with Gasteiger partial charge >= 0.3 is 6.09 Å². The Morgan fingerprint density at radius 3 is 2.60 bits per heavy atom. The maximum Gasteiger partial charge on any atom is 0.410 e. The minimum absolute atomic E-state index is 0.122. The number of nitrogens with zero attached hydrogens (tertiary/aromatic N) is 1. The number of fused-ring (bicyclic) bond motifs is 4. The first-order valence-corrected chi connectivity index (χ1v) is 16.2. The molecule has 252 valence electrons. The van der Waals surface area contributed by atoms with Crippen molar-refractivity contribution in [3.05, 3.63) is 81.0 Å². The van der Waals surface area contributed by atoms with Crippen LogP contribution in [-0.2, 0) is 20.2 Å². The van der Waals surface area contributed by atoms with Crippen LogP contribution in [0.3, 0.4) is 0 Å². The summed E-state index contributed by atoms with van der Waals surface area (Å²) in [5.41, 5.74) is 5.92. The lowest BCUT2D eigenvalue weighted by molar-refractivity contribution is -0.139. The Balaban J connectivity index is 1.14. The molecule has 1 saturated carbocycles. The van der Waals surface area contributed by atoms with E-state index in [-0.39, 0.29) is 34.1 Å². The number of alkyl halides is 2. The van der Waals surface area contributed by atoms with Gasteiger partial charge in [-0.15, -0.1) is 11.3 Å². The molecular formula is C33H34F2N6O6S. The molecule has 0 bridgehead atoms. The lowest BCUT2D eigenvalue weighted by atomic mass is 10.00. The Labute approximate surface area is 278 Å². The van der Waals surface area contributed by atoms with E-state index in [9.17, 15) is 28.0 Å². The number of benzene rings is 2. The normalized spacial score (nSPS) is 21.8. The summed E-state index contributed by atoms with van der Waals surface area (Å²) in [6, 6.07) is 10.1. The van der Waals surface area contributed by atoms with Gasteiger partial charge in [0.1, 0.15) is 11.9 Å². The number of halogens is 2. The molecule has 2 fully saturated rings. The van der Waals surface area contributed by atoms with Crippen LogP contribution in [0, 0.1) is 10.8 Å². The van der Waals surface area contributed by atoms with Crippen molar-refractivity contribution in [2.24, 2.45) is 11.1 Å². The number of rotatable bonds is 11. The molecule has 4 amide bonds. The number of amides is 4. The third-order valence-corrected chi connectivity index (χ3v) is 10.3. The summed E-state index contributed by atoms with van der Waals surface area (Å²) in [7, 11) is 0. The largest absolute Gasteiger partial charge is 0.465 e. The zero-order valence-corrected chi connectivity index (χ0v) is 26.7. The van der Waals surface area contributed by atoms with Crippen LogP contribution in [0.2, 0.25) is 0 Å². The number of carboxylic acid groups (broad SMARTS) is 1. The highest BCUT2D eigenvalue weighted by atomic mass is 32.1. The van der Waals surface area contributed by atoms with Crippen LogP contribution in [0.25, 0.3) is 11.1 Å². The topological polar surface area (TPSA) is 187 Å². The van der Waals surface area contributed by atoms with Gasteiger partial charge in [0.25, 0.3) is 11.8 Å². The van der Waals surface area contributed by atoms with Crippen LogP contribution in [0.1, 0.15) is 57.7 Å². The van der Waals surface area contributed by atoms with Crippen molar-refractivity contribution in [3.63, 3.8) is 0 Å². The zero-order valence-electron chi connectivity index (χ0n) is 25.8. The second-order valence-electron chi connectivity index (χ2n) is 12.3. The molecule has 1 aromatic heterocycles. The van der Waals surface area contributed by atoms with Crippen molar-refractivity contribution < 1.29 is 37.8 Å². The Bertz CT molecular complexity index is 1820. The van der Waals surface area contributed by atoms with Crippen molar-refractivity contribution >= 4 is 41.0 Å². The second-order valence-corrected chi connectivity index (χ2v) is 13.2. The number of thiophene rings is 1. The summed E-state index contributed by atoms with van der Waals surface area (Å²) in [6.45, 7) is 2.31. The molecule has 3 aliphatic rings. The quantitative estimate of drug-likeness (QED) is 0.102. The summed E-state index contributed by atoms with van der Waals surface area (Å²) >= 11 is 1.25. The highest BCUT2D eigenvalue weighted by molar-refractivity contribution is 7.10. The fraction of sp³-hybridized carbons (Fsp3) is 0.364. The van der Waals surface area contributed by atoms with Crippen LogP contribution in [0.5, 0.6) is 0 Å². The molecule has 3 aromatic rings. The molecule has 48 heavy (non-hydrogen) atoms. The molecule has 0 radical (unpaired) electrons. The fourth-order valence-corrected chi connectivity index (χ4v) is 7.63. The first-order chi connectivity index (χ1) is 22.9. The van der Waals surface area contributed by atoms with Gasteiger partial charge in [-0.25, -0.2) is 4.79 Å². The van der Waals surface area contributed by atoms with Gasteiger partial charge in [-0.05, 0) is 49.1 Å². The van der Waals surface area contributed by atoms with E-state index >= 15 is 0 Å². The van der Waals surface area contributed by atoms with Crippen molar-refractivity contribution in [3.8, 4) is 11.1 Å². The average Bonchev–Trinajstić information content (AvgIpc) is 3.33. The van der Waals surface area contributed by atoms with Gasteiger partial charge in [-0.1, -0.05) is 30.3 Å². The van der Waals surface area contributed by atoms with Gasteiger partial charge in [0.15, 0.2) is 0 Å². The average molecular weight is 681 g/mol. The van der Waals surface area contributed by atoms with Crippen LogP contribution in [0.15, 0.2) is 53.9 Å². The van der Waals surface area contributed by atoms with E-state index in [1.165, 1.54) is 46.6 Å². The Morgan fingerprint density at radius 1 is 1.10 bits per heavy atom. The molecular weight excluding hydrogens is 646 g/mol. The summed E-state index contributed by atoms with van der Waals surface area (Å²) in [5, 5.41) is 25.9. The fourth-order valence-electron chi connectivity index (χ4n) is 6.72. The maximum atomic E-state index is 15.0. The summed E-state index contributed by atoms with van der Waals surface area (Å²) in [4.78, 5) is 53.5. The highest BCUT2D eigenvalue weighted by Crippen LogP contribution is 2.59. The Morgan fingerprint density at radius 2 is 1.85 bits per heavy atom. The molecule has 2 aliphatic carbocycles. The first kappa shape index (κ1) is 33.2. The van der Waals surface area contributed by atoms with Gasteiger partial charge in [0.05, 0.1) is 25.8 Å². The monoisotopic (exact) mass is 680 g/mol. The van der Waals surface area contributed by atoms with E-state index in [0.717, 1.165) is 0 Å². The molecule has 1 aliphatic heterocycles. The third-order valence-electron chi connectivity index (χ3n) is 9.16. The van der Waals surface area contributed by atoms with Gasteiger partial charge in [0.2, 0.25) is 11.8 Å². The third kappa shape index (κ3) is 6.04. The van der Waals surface area contributed by atoms with Crippen LogP contribution < -0.4 is 21.7 Å². The van der Waals surface area contributed by atoms with Crippen molar-refractivity contribution in [1.29, 1.82) is 5.41 Å². The minimum Gasteiger partial charge on any atom is -0.465 e. The van der Waals surface area contributed by atoms with Crippen molar-refractivity contribution in [2.45, 2.75) is 43.8 Å². The molecule has 1 saturated heterocycles. The summed E-state index contributed by atoms with van der Waals surface area (Å²) in [6.07, 6.45) is -0.383. The highest BCUT2D eigenvalue weighted by Gasteiger charge is 2.67. The number of amidine groups is 1. The number of ether oxygens (including phenoxy) is 1. The maximum absolute atomic E-state index is 15.0. The predicted molar refractivity (Wildman–Crippen MR) is 172 cm³/mol. The zero-order chi connectivity index (χ0) is 34.4. The number of carbonyl (C=O) groups excluding carboxylic acids is 3. The molecule has 0 spiro atoms. The van der Waals surface area contributed by atoms with Gasteiger partial charge in [-0.3, -0.25) is 25.1 Å². The lowest BCUT2D eigenvalue weighted by Crippen LogP contribution is -2.51. The van der Waals surface area contributed by atoms with E-state index in [2.05, 4.69) is 10.6 Å². The Kier molecular flexibility index (Phi) is 8.78. The van der Waals surface area contributed by atoms with Gasteiger partial charge < -0.3 is 31.1 Å². The molecule has 15 heteroatoms. The number of nitrogens with two attached hydrogens (primary N) is 1. The number of carbonyl (C=O) groups is 4. The van der Waals surface area contributed by atoms with E-state index in [0.29, 0.717) is 48.6 Å². The molecule has 1 unspecified atom stereocenters. The number of piperidine rings is 1. The molecule has 12 nitrogen and oxygen atoms in total. The van der Waals surface area contributed by atoms with E-state index in [4.69, 9.17) is 21.0 Å². The second kappa shape index (κ2) is 12.7. The standard InChI is InChI=1S/C33H34F2N6O6S/c1-17(25-11-19(15-48-25)28(37)40-31(45)46)39-30(44)24-12-32(16-47-9-8-36)13-26(32)41(24)27(42)14-38-29(43)18-6-7-23-21(10-18)20-4-2-3-5-22(20)33(23,34)35/h2-7,10-11,15,17,24,26H,8-9,12-14,16,36H2,1H3,(H2,37,40)(H,38,43)(H,39,44)(H,45,46)/t17?,24-,26-,32+/m0/s1.